The lowest BCUT2D eigenvalue weighted by atomic mass is 10.2. The van der Waals surface area contributed by atoms with Gasteiger partial charge in [0.15, 0.2) is 0 Å². The molecule has 23 heavy (non-hydrogen) atoms. The minimum absolute atomic E-state index is 0.131. The highest BCUT2D eigenvalue weighted by molar-refractivity contribution is 5.86. The third-order valence-electron chi connectivity index (χ3n) is 4.46. The summed E-state index contributed by atoms with van der Waals surface area (Å²) >= 11 is 0. The maximum absolute atomic E-state index is 12.3. The zero-order valence-corrected chi connectivity index (χ0v) is 13.1. The standard InChI is InChI=1S/C17H22N2O4/c1-11-7-14(11)18-16(21)15-8-13(20)9-19(15)17(22)23-10-12-5-3-2-4-6-12/h2-6,11,13-15,20H,7-10H2,1H3,(H,18,21)/t11-,13+,14+,15-/m0/s1. The van der Waals surface area contributed by atoms with Gasteiger partial charge in [-0.25, -0.2) is 4.79 Å². The Morgan fingerprint density at radius 1 is 1.30 bits per heavy atom. The molecule has 124 valence electrons. The molecule has 0 bridgehead atoms. The molecule has 3 rings (SSSR count). The second-order valence-electron chi connectivity index (χ2n) is 6.43. The van der Waals surface area contributed by atoms with Crippen molar-refractivity contribution in [2.45, 2.75) is 44.6 Å². The van der Waals surface area contributed by atoms with Crippen molar-refractivity contribution in [3.63, 3.8) is 0 Å². The number of β-amino-alcohol motifs (C(OH)–C–C–N with tert-alkyl or cyclic N) is 1. The normalized spacial score (nSPS) is 29.2. The van der Waals surface area contributed by atoms with Crippen LogP contribution in [0.5, 0.6) is 0 Å². The molecular formula is C17H22N2O4. The summed E-state index contributed by atoms with van der Waals surface area (Å²) in [5.41, 5.74) is 0.883. The van der Waals surface area contributed by atoms with E-state index in [4.69, 9.17) is 4.74 Å². The van der Waals surface area contributed by atoms with Gasteiger partial charge in [0.05, 0.1) is 12.6 Å². The highest BCUT2D eigenvalue weighted by Gasteiger charge is 2.42. The summed E-state index contributed by atoms with van der Waals surface area (Å²) in [4.78, 5) is 25.9. The first-order valence-corrected chi connectivity index (χ1v) is 8.00. The van der Waals surface area contributed by atoms with Crippen LogP contribution in [0.4, 0.5) is 4.79 Å². The maximum atomic E-state index is 12.3. The van der Waals surface area contributed by atoms with Crippen LogP contribution >= 0.6 is 0 Å². The molecule has 1 aliphatic heterocycles. The number of amides is 2. The van der Waals surface area contributed by atoms with Gasteiger partial charge in [-0.05, 0) is 17.9 Å². The van der Waals surface area contributed by atoms with Crippen molar-refractivity contribution >= 4 is 12.0 Å². The number of carbonyl (C=O) groups is 2. The lowest BCUT2D eigenvalue weighted by Gasteiger charge is -2.23. The fourth-order valence-corrected chi connectivity index (χ4v) is 2.87. The highest BCUT2D eigenvalue weighted by Crippen LogP contribution is 2.30. The molecule has 2 N–H and O–H groups in total. The van der Waals surface area contributed by atoms with Gasteiger partial charge in [0.2, 0.25) is 5.91 Å². The summed E-state index contributed by atoms with van der Waals surface area (Å²) < 4.78 is 5.28. The second kappa shape index (κ2) is 6.58. The first-order valence-electron chi connectivity index (χ1n) is 8.00. The number of benzene rings is 1. The van der Waals surface area contributed by atoms with Gasteiger partial charge in [-0.15, -0.1) is 0 Å². The molecule has 1 heterocycles. The van der Waals surface area contributed by atoms with E-state index < -0.39 is 18.2 Å². The number of hydrogen-bond donors (Lipinski definition) is 2. The fourth-order valence-electron chi connectivity index (χ4n) is 2.87. The zero-order chi connectivity index (χ0) is 16.4. The molecular weight excluding hydrogens is 296 g/mol. The van der Waals surface area contributed by atoms with E-state index in [9.17, 15) is 14.7 Å². The van der Waals surface area contributed by atoms with Crippen LogP contribution in [-0.2, 0) is 16.1 Å². The Labute approximate surface area is 135 Å². The average Bonchev–Trinajstić information content (AvgIpc) is 3.08. The van der Waals surface area contributed by atoms with E-state index >= 15 is 0 Å². The first kappa shape index (κ1) is 15.8. The molecule has 1 saturated heterocycles. The molecule has 6 heteroatoms. The number of nitrogens with one attached hydrogen (secondary N) is 1. The second-order valence-corrected chi connectivity index (χ2v) is 6.43. The number of aliphatic hydroxyl groups excluding tert-OH is 1. The van der Waals surface area contributed by atoms with E-state index in [0.717, 1.165) is 12.0 Å². The molecule has 6 nitrogen and oxygen atoms in total. The molecule has 0 radical (unpaired) electrons. The van der Waals surface area contributed by atoms with Gasteiger partial charge < -0.3 is 15.2 Å². The van der Waals surface area contributed by atoms with Crippen LogP contribution in [0, 0.1) is 5.92 Å². The Morgan fingerprint density at radius 2 is 2.00 bits per heavy atom. The van der Waals surface area contributed by atoms with Gasteiger partial charge in [0.1, 0.15) is 12.6 Å². The van der Waals surface area contributed by atoms with Gasteiger partial charge in [-0.2, -0.15) is 0 Å². The summed E-state index contributed by atoms with van der Waals surface area (Å²) in [6.45, 7) is 2.35. The Kier molecular flexibility index (Phi) is 4.52. The van der Waals surface area contributed by atoms with E-state index in [1.54, 1.807) is 0 Å². The van der Waals surface area contributed by atoms with E-state index in [-0.39, 0.29) is 31.5 Å². The molecule has 1 saturated carbocycles. The molecule has 0 spiro atoms. The van der Waals surface area contributed by atoms with Gasteiger partial charge in [0, 0.05) is 12.5 Å². The zero-order valence-electron chi connectivity index (χ0n) is 13.1. The molecule has 2 fully saturated rings. The predicted octanol–water partition coefficient (Wildman–Crippen LogP) is 1.28. The lowest BCUT2D eigenvalue weighted by molar-refractivity contribution is -0.125. The van der Waals surface area contributed by atoms with Crippen molar-refractivity contribution < 1.29 is 19.4 Å². The summed E-state index contributed by atoms with van der Waals surface area (Å²) in [7, 11) is 0. The van der Waals surface area contributed by atoms with Crippen molar-refractivity contribution in [1.82, 2.24) is 10.2 Å². The Hall–Kier alpha value is -2.08. The van der Waals surface area contributed by atoms with Gasteiger partial charge >= 0.3 is 6.09 Å². The van der Waals surface area contributed by atoms with Crippen molar-refractivity contribution in [1.29, 1.82) is 0 Å². The third kappa shape index (κ3) is 3.82. The summed E-state index contributed by atoms with van der Waals surface area (Å²) in [6, 6.07) is 8.91. The minimum atomic E-state index is -0.688. The summed E-state index contributed by atoms with van der Waals surface area (Å²) in [5, 5.41) is 12.8. The van der Waals surface area contributed by atoms with E-state index in [0.29, 0.717) is 5.92 Å². The van der Waals surface area contributed by atoms with Gasteiger partial charge in [-0.1, -0.05) is 37.3 Å². The van der Waals surface area contributed by atoms with E-state index in [1.165, 1.54) is 4.90 Å². The number of rotatable bonds is 4. The predicted molar refractivity (Wildman–Crippen MR) is 83.5 cm³/mol. The quantitative estimate of drug-likeness (QED) is 0.876. The smallest absolute Gasteiger partial charge is 0.410 e. The SMILES string of the molecule is C[C@H]1C[C@H]1NC(=O)[C@@H]1C[C@@H](O)CN1C(=O)OCc1ccccc1. The van der Waals surface area contributed by atoms with Crippen LogP contribution in [-0.4, -0.2) is 46.7 Å². The fraction of sp³-hybridized carbons (Fsp3) is 0.529. The van der Waals surface area contributed by atoms with Gasteiger partial charge in [0.25, 0.3) is 0 Å². The highest BCUT2D eigenvalue weighted by atomic mass is 16.6. The number of nitrogens with zero attached hydrogens (tertiary/aromatic N) is 1. The Morgan fingerprint density at radius 3 is 2.65 bits per heavy atom. The molecule has 0 aromatic heterocycles. The monoisotopic (exact) mass is 318 g/mol. The molecule has 1 aromatic rings. The molecule has 1 aromatic carbocycles. The van der Waals surface area contributed by atoms with Crippen LogP contribution in [0.3, 0.4) is 0 Å². The Bertz CT molecular complexity index is 577. The van der Waals surface area contributed by atoms with Crippen LogP contribution < -0.4 is 5.32 Å². The van der Waals surface area contributed by atoms with Crippen molar-refractivity contribution in [2.24, 2.45) is 5.92 Å². The summed E-state index contributed by atoms with van der Waals surface area (Å²) in [5.74, 6) is 0.288. The number of likely N-dealkylation sites (tertiary alicyclic amines) is 1. The Balaban J connectivity index is 1.57. The molecule has 1 aliphatic carbocycles. The number of carbonyl (C=O) groups excluding carboxylic acids is 2. The lowest BCUT2D eigenvalue weighted by Crippen LogP contribution is -2.46. The molecule has 2 aliphatic rings. The number of aliphatic hydroxyl groups is 1. The first-order chi connectivity index (χ1) is 11.0. The van der Waals surface area contributed by atoms with Crippen LogP contribution in [0.25, 0.3) is 0 Å². The van der Waals surface area contributed by atoms with Crippen molar-refractivity contribution in [2.75, 3.05) is 6.54 Å². The maximum Gasteiger partial charge on any atom is 0.410 e. The molecule has 2 amide bonds. The molecule has 0 unspecified atom stereocenters. The van der Waals surface area contributed by atoms with Crippen LogP contribution in [0.1, 0.15) is 25.3 Å². The van der Waals surface area contributed by atoms with Crippen molar-refractivity contribution in [3.05, 3.63) is 35.9 Å². The minimum Gasteiger partial charge on any atom is -0.445 e. The van der Waals surface area contributed by atoms with E-state index in [2.05, 4.69) is 12.2 Å². The van der Waals surface area contributed by atoms with Crippen LogP contribution in [0.15, 0.2) is 30.3 Å². The van der Waals surface area contributed by atoms with Crippen molar-refractivity contribution in [3.8, 4) is 0 Å². The number of ether oxygens (including phenoxy) is 1. The van der Waals surface area contributed by atoms with E-state index in [1.807, 2.05) is 30.3 Å². The molecule has 4 atom stereocenters. The van der Waals surface area contributed by atoms with Gasteiger partial charge in [-0.3, -0.25) is 9.69 Å². The largest absolute Gasteiger partial charge is 0.445 e. The topological polar surface area (TPSA) is 78.9 Å². The van der Waals surface area contributed by atoms with Crippen LogP contribution in [0.2, 0.25) is 0 Å². The number of hydrogen-bond acceptors (Lipinski definition) is 4. The average molecular weight is 318 g/mol. The third-order valence-corrected chi connectivity index (χ3v) is 4.46. The summed E-state index contributed by atoms with van der Waals surface area (Å²) in [6.07, 6.45) is -0.0200.